The number of ether oxygens (including phenoxy) is 1. The van der Waals surface area contributed by atoms with Gasteiger partial charge in [0.15, 0.2) is 5.78 Å². The molecule has 1 saturated heterocycles. The molecule has 3 aromatic rings. The molecule has 1 saturated carbocycles. The SMILES string of the molecule is CCCCN1CCC(COc2cc3c(Nc4ccccc4)c(C(=O)CC4CC4)cnc3cc2C)CC1. The molecule has 2 aromatic carbocycles. The highest BCUT2D eigenvalue weighted by molar-refractivity contribution is 6.09. The van der Waals surface area contributed by atoms with E-state index in [0.717, 1.165) is 53.0 Å². The molecule has 0 spiro atoms. The molecule has 2 heterocycles. The molecule has 190 valence electrons. The lowest BCUT2D eigenvalue weighted by molar-refractivity contribution is 0.0976. The van der Waals surface area contributed by atoms with Crippen molar-refractivity contribution in [2.45, 2.75) is 58.8 Å². The van der Waals surface area contributed by atoms with Gasteiger partial charge >= 0.3 is 0 Å². The standard InChI is InChI=1S/C31H39N3O2/c1-3-4-14-34-15-12-24(13-16-34)21-36-30-19-26-28(17-22(30)2)32-20-27(29(35)18-23-10-11-23)31(26)33-25-8-6-5-7-9-25/h5-9,17,19-20,23-24H,3-4,10-16,18,21H2,1-2H3,(H,32,33). The number of nitrogens with zero attached hydrogens (tertiary/aromatic N) is 2. The molecule has 1 aromatic heterocycles. The Morgan fingerprint density at radius 2 is 1.86 bits per heavy atom. The van der Waals surface area contributed by atoms with E-state index < -0.39 is 0 Å². The van der Waals surface area contributed by atoms with Crippen LogP contribution in [0.1, 0.15) is 67.8 Å². The van der Waals surface area contributed by atoms with Crippen molar-refractivity contribution in [3.8, 4) is 5.75 Å². The lowest BCUT2D eigenvalue weighted by Crippen LogP contribution is -2.36. The topological polar surface area (TPSA) is 54.5 Å². The van der Waals surface area contributed by atoms with Crippen LogP contribution < -0.4 is 10.1 Å². The monoisotopic (exact) mass is 485 g/mol. The average molecular weight is 486 g/mol. The molecule has 0 amide bonds. The van der Waals surface area contributed by atoms with Crippen molar-refractivity contribution in [3.05, 3.63) is 59.8 Å². The van der Waals surface area contributed by atoms with Crippen LogP contribution in [0.5, 0.6) is 5.75 Å². The number of Topliss-reactive ketones (excluding diaryl/α,β-unsaturated/α-hetero) is 1. The Balaban J connectivity index is 1.38. The second-order valence-corrected chi connectivity index (χ2v) is 10.7. The minimum Gasteiger partial charge on any atom is -0.493 e. The van der Waals surface area contributed by atoms with Crippen molar-refractivity contribution in [1.82, 2.24) is 9.88 Å². The summed E-state index contributed by atoms with van der Waals surface area (Å²) in [6.07, 6.45) is 9.60. The zero-order chi connectivity index (χ0) is 24.9. The van der Waals surface area contributed by atoms with E-state index in [1.165, 1.54) is 45.3 Å². The fraction of sp³-hybridized carbons (Fsp3) is 0.484. The van der Waals surface area contributed by atoms with Crippen molar-refractivity contribution < 1.29 is 9.53 Å². The first-order chi connectivity index (χ1) is 17.6. The van der Waals surface area contributed by atoms with Gasteiger partial charge < -0.3 is 15.0 Å². The highest BCUT2D eigenvalue weighted by Crippen LogP contribution is 2.38. The third kappa shape index (κ3) is 6.07. The molecule has 2 aliphatic rings. The van der Waals surface area contributed by atoms with Crippen molar-refractivity contribution in [2.24, 2.45) is 11.8 Å². The van der Waals surface area contributed by atoms with Crippen LogP contribution in [0.15, 0.2) is 48.7 Å². The summed E-state index contributed by atoms with van der Waals surface area (Å²) >= 11 is 0. The molecule has 0 radical (unpaired) electrons. The van der Waals surface area contributed by atoms with Gasteiger partial charge in [0.1, 0.15) is 5.75 Å². The number of pyridine rings is 1. The molecule has 5 nitrogen and oxygen atoms in total. The molecular formula is C31H39N3O2. The normalized spacial score (nSPS) is 16.8. The predicted octanol–water partition coefficient (Wildman–Crippen LogP) is 7.16. The molecule has 1 N–H and O–H groups in total. The third-order valence-electron chi connectivity index (χ3n) is 7.69. The third-order valence-corrected chi connectivity index (χ3v) is 7.69. The quantitative estimate of drug-likeness (QED) is 0.292. The summed E-state index contributed by atoms with van der Waals surface area (Å²) in [5.74, 6) is 2.18. The summed E-state index contributed by atoms with van der Waals surface area (Å²) in [5, 5.41) is 4.48. The number of carbonyl (C=O) groups excluding carboxylic acids is 1. The second kappa shape index (κ2) is 11.4. The zero-order valence-corrected chi connectivity index (χ0v) is 21.8. The highest BCUT2D eigenvalue weighted by atomic mass is 16.5. The summed E-state index contributed by atoms with van der Waals surface area (Å²) < 4.78 is 6.42. The number of aryl methyl sites for hydroxylation is 1. The number of hydrogen-bond donors (Lipinski definition) is 1. The van der Waals surface area contributed by atoms with Gasteiger partial charge in [-0.3, -0.25) is 9.78 Å². The number of hydrogen-bond acceptors (Lipinski definition) is 5. The van der Waals surface area contributed by atoms with Crippen LogP contribution in [0.2, 0.25) is 0 Å². The molecule has 2 fully saturated rings. The first kappa shape index (κ1) is 24.8. The zero-order valence-electron chi connectivity index (χ0n) is 21.8. The van der Waals surface area contributed by atoms with E-state index in [4.69, 9.17) is 9.72 Å². The number of aromatic nitrogens is 1. The van der Waals surface area contributed by atoms with E-state index in [9.17, 15) is 4.79 Å². The van der Waals surface area contributed by atoms with Gasteiger partial charge in [-0.2, -0.15) is 0 Å². The number of anilines is 2. The van der Waals surface area contributed by atoms with Gasteiger partial charge in [0.2, 0.25) is 0 Å². The van der Waals surface area contributed by atoms with Crippen LogP contribution in [-0.2, 0) is 0 Å². The molecule has 5 heteroatoms. The molecule has 0 bridgehead atoms. The Labute approximate surface area is 215 Å². The van der Waals surface area contributed by atoms with E-state index >= 15 is 0 Å². The van der Waals surface area contributed by atoms with Crippen LogP contribution in [0.25, 0.3) is 10.9 Å². The van der Waals surface area contributed by atoms with Crippen molar-refractivity contribution >= 4 is 28.1 Å². The minimum atomic E-state index is 0.170. The van der Waals surface area contributed by atoms with Crippen molar-refractivity contribution in [2.75, 3.05) is 31.6 Å². The largest absolute Gasteiger partial charge is 0.493 e. The van der Waals surface area contributed by atoms with Crippen LogP contribution in [0.4, 0.5) is 11.4 Å². The van der Waals surface area contributed by atoms with Gasteiger partial charge in [0, 0.05) is 23.7 Å². The number of piperidine rings is 1. The average Bonchev–Trinajstić information content (AvgIpc) is 3.71. The van der Waals surface area contributed by atoms with Gasteiger partial charge in [-0.15, -0.1) is 0 Å². The highest BCUT2D eigenvalue weighted by Gasteiger charge is 2.27. The fourth-order valence-electron chi connectivity index (χ4n) is 5.15. The second-order valence-electron chi connectivity index (χ2n) is 10.7. The number of unbranched alkanes of at least 4 members (excludes halogenated alkanes) is 1. The maximum atomic E-state index is 13.2. The summed E-state index contributed by atoms with van der Waals surface area (Å²) in [6, 6.07) is 14.2. The first-order valence-electron chi connectivity index (χ1n) is 13.7. The van der Waals surface area contributed by atoms with Gasteiger partial charge in [-0.25, -0.2) is 0 Å². The lowest BCUT2D eigenvalue weighted by Gasteiger charge is -2.31. The molecule has 1 aliphatic heterocycles. The Bertz CT molecular complexity index is 1180. The number of nitrogens with one attached hydrogen (secondary N) is 1. The summed E-state index contributed by atoms with van der Waals surface area (Å²) in [6.45, 7) is 8.65. The summed E-state index contributed by atoms with van der Waals surface area (Å²) in [4.78, 5) is 20.5. The Hall–Kier alpha value is -2.92. The number of ketones is 1. The smallest absolute Gasteiger partial charge is 0.166 e. The summed E-state index contributed by atoms with van der Waals surface area (Å²) in [5.41, 5.74) is 4.44. The Kier molecular flexibility index (Phi) is 7.86. The number of rotatable bonds is 11. The summed E-state index contributed by atoms with van der Waals surface area (Å²) in [7, 11) is 0. The van der Waals surface area contributed by atoms with Crippen LogP contribution >= 0.6 is 0 Å². The number of para-hydroxylation sites is 1. The Morgan fingerprint density at radius 3 is 2.58 bits per heavy atom. The number of benzene rings is 2. The van der Waals surface area contributed by atoms with Gasteiger partial charge in [0.05, 0.1) is 23.4 Å². The predicted molar refractivity (Wildman–Crippen MR) is 147 cm³/mol. The lowest BCUT2D eigenvalue weighted by atomic mass is 9.97. The fourth-order valence-corrected chi connectivity index (χ4v) is 5.15. The first-order valence-corrected chi connectivity index (χ1v) is 13.7. The van der Waals surface area contributed by atoms with E-state index in [1.54, 1.807) is 6.20 Å². The maximum absolute atomic E-state index is 13.2. The number of carbonyl (C=O) groups is 1. The number of fused-ring (bicyclic) bond motifs is 1. The maximum Gasteiger partial charge on any atom is 0.166 e. The molecule has 0 unspecified atom stereocenters. The molecular weight excluding hydrogens is 446 g/mol. The van der Waals surface area contributed by atoms with Crippen molar-refractivity contribution in [3.63, 3.8) is 0 Å². The number of likely N-dealkylation sites (tertiary alicyclic amines) is 1. The van der Waals surface area contributed by atoms with Gasteiger partial charge in [0.25, 0.3) is 0 Å². The van der Waals surface area contributed by atoms with Crippen molar-refractivity contribution in [1.29, 1.82) is 0 Å². The van der Waals surface area contributed by atoms with Gasteiger partial charge in [-0.05, 0) is 100 Å². The van der Waals surface area contributed by atoms with Crippen LogP contribution in [0.3, 0.4) is 0 Å². The van der Waals surface area contributed by atoms with E-state index in [1.807, 2.05) is 30.3 Å². The molecule has 36 heavy (non-hydrogen) atoms. The minimum absolute atomic E-state index is 0.170. The van der Waals surface area contributed by atoms with Crippen LogP contribution in [-0.4, -0.2) is 41.9 Å². The van der Waals surface area contributed by atoms with Crippen LogP contribution in [0, 0.1) is 18.8 Å². The van der Waals surface area contributed by atoms with Gasteiger partial charge in [-0.1, -0.05) is 31.5 Å². The molecule has 0 atom stereocenters. The Morgan fingerprint density at radius 1 is 1.08 bits per heavy atom. The molecule has 1 aliphatic carbocycles. The van der Waals surface area contributed by atoms with E-state index in [0.29, 0.717) is 23.8 Å². The van der Waals surface area contributed by atoms with E-state index in [-0.39, 0.29) is 5.78 Å². The van der Waals surface area contributed by atoms with E-state index in [2.05, 4.69) is 36.2 Å². The molecule has 5 rings (SSSR count).